The zero-order chi connectivity index (χ0) is 19.5. The number of benzene rings is 1. The van der Waals surface area contributed by atoms with Gasteiger partial charge in [0, 0.05) is 30.7 Å². The molecule has 6 nitrogen and oxygen atoms in total. The van der Waals surface area contributed by atoms with E-state index in [1.54, 1.807) is 24.7 Å². The van der Waals surface area contributed by atoms with E-state index in [0.717, 1.165) is 54.4 Å². The Balaban J connectivity index is 1.35. The summed E-state index contributed by atoms with van der Waals surface area (Å²) < 4.78 is 13.0. The van der Waals surface area contributed by atoms with Gasteiger partial charge in [-0.05, 0) is 49.4 Å². The number of imidazole rings is 1. The molecule has 0 unspecified atom stereocenters. The zero-order valence-corrected chi connectivity index (χ0v) is 15.7. The topological polar surface area (TPSA) is 74.8 Å². The average molecular weight is 379 g/mol. The second-order valence-corrected chi connectivity index (χ2v) is 7.31. The van der Waals surface area contributed by atoms with Gasteiger partial charge in [-0.2, -0.15) is 0 Å². The van der Waals surface area contributed by atoms with Gasteiger partial charge in [-0.25, -0.2) is 19.3 Å². The van der Waals surface area contributed by atoms with E-state index in [1.165, 1.54) is 12.1 Å². The number of nitrogens with one attached hydrogen (secondary N) is 1. The van der Waals surface area contributed by atoms with Gasteiger partial charge in [0.15, 0.2) is 5.82 Å². The van der Waals surface area contributed by atoms with Gasteiger partial charge in [-0.15, -0.1) is 0 Å². The second kappa shape index (κ2) is 7.88. The van der Waals surface area contributed by atoms with E-state index >= 15 is 0 Å². The largest absolute Gasteiger partial charge is 0.342 e. The first-order chi connectivity index (χ1) is 13.6. The molecular formula is C21H22FN5O. The second-order valence-electron chi connectivity index (χ2n) is 7.31. The zero-order valence-electron chi connectivity index (χ0n) is 15.7. The molecule has 144 valence electrons. The minimum Gasteiger partial charge on any atom is -0.342 e. The predicted octanol–water partition coefficient (Wildman–Crippen LogP) is 2.95. The van der Waals surface area contributed by atoms with E-state index in [-0.39, 0.29) is 11.7 Å². The monoisotopic (exact) mass is 379 g/mol. The molecule has 1 fully saturated rings. The van der Waals surface area contributed by atoms with Gasteiger partial charge in [0.25, 0.3) is 0 Å². The molecule has 0 saturated carbocycles. The van der Waals surface area contributed by atoms with Crippen LogP contribution in [0.5, 0.6) is 0 Å². The third kappa shape index (κ3) is 4.24. The van der Waals surface area contributed by atoms with E-state index in [0.29, 0.717) is 12.3 Å². The van der Waals surface area contributed by atoms with E-state index in [9.17, 15) is 9.18 Å². The first kappa shape index (κ1) is 18.3. The lowest BCUT2D eigenvalue weighted by Gasteiger charge is -2.16. The summed E-state index contributed by atoms with van der Waals surface area (Å²) in [4.78, 5) is 30.6. The molecule has 2 aromatic heterocycles. The summed E-state index contributed by atoms with van der Waals surface area (Å²) in [6.07, 6.45) is 5.40. The molecule has 0 spiro atoms. The van der Waals surface area contributed by atoms with Gasteiger partial charge in [-0.1, -0.05) is 12.1 Å². The van der Waals surface area contributed by atoms with Gasteiger partial charge in [0.2, 0.25) is 5.91 Å². The van der Waals surface area contributed by atoms with Crippen LogP contribution in [0.2, 0.25) is 0 Å². The lowest BCUT2D eigenvalue weighted by molar-refractivity contribution is -0.129. The highest BCUT2D eigenvalue weighted by Gasteiger charge is 2.26. The minimum absolute atomic E-state index is 0.0866. The summed E-state index contributed by atoms with van der Waals surface area (Å²) in [5, 5.41) is 0. The SMILES string of the molecule is Cc1cnc(-c2cc(C[C@H]3CCN(C(=O)Cc4ccc(F)cc4)C3)ncn2)[nH]1. The maximum absolute atomic E-state index is 13.0. The van der Waals surface area contributed by atoms with E-state index in [2.05, 4.69) is 19.9 Å². The van der Waals surface area contributed by atoms with Crippen molar-refractivity contribution in [2.24, 2.45) is 5.92 Å². The third-order valence-electron chi connectivity index (χ3n) is 5.07. The lowest BCUT2D eigenvalue weighted by Crippen LogP contribution is -2.30. The molecular weight excluding hydrogens is 357 g/mol. The van der Waals surface area contributed by atoms with Crippen molar-refractivity contribution in [3.8, 4) is 11.5 Å². The van der Waals surface area contributed by atoms with Gasteiger partial charge in [-0.3, -0.25) is 4.79 Å². The molecule has 3 heterocycles. The number of aryl methyl sites for hydroxylation is 1. The fraction of sp³-hybridized carbons (Fsp3) is 0.333. The number of carbonyl (C=O) groups excluding carboxylic acids is 1. The number of carbonyl (C=O) groups is 1. The molecule has 1 atom stereocenters. The molecule has 28 heavy (non-hydrogen) atoms. The smallest absolute Gasteiger partial charge is 0.226 e. The standard InChI is InChI=1S/C21H22FN5O/c1-14-11-23-21(26-14)19-10-18(24-13-25-19)8-16-6-7-27(12-16)20(28)9-15-2-4-17(22)5-3-15/h2-5,10-11,13,16H,6-9,12H2,1H3,(H,23,26)/t16-/m1/s1. The number of halogens is 1. The Labute approximate surface area is 162 Å². The van der Waals surface area contributed by atoms with Crippen LogP contribution in [0.15, 0.2) is 42.9 Å². The van der Waals surface area contributed by atoms with Crippen molar-refractivity contribution in [1.82, 2.24) is 24.8 Å². The van der Waals surface area contributed by atoms with Crippen molar-refractivity contribution in [2.75, 3.05) is 13.1 Å². The van der Waals surface area contributed by atoms with Gasteiger partial charge in [0.1, 0.15) is 17.8 Å². The Morgan fingerprint density at radius 2 is 2.07 bits per heavy atom. The highest BCUT2D eigenvalue weighted by atomic mass is 19.1. The summed E-state index contributed by atoms with van der Waals surface area (Å²) >= 11 is 0. The normalized spacial score (nSPS) is 16.5. The Bertz CT molecular complexity index is 969. The van der Waals surface area contributed by atoms with Crippen LogP contribution in [-0.4, -0.2) is 43.8 Å². The van der Waals surface area contributed by atoms with Gasteiger partial charge >= 0.3 is 0 Å². The molecule has 1 N–H and O–H groups in total. The van der Waals surface area contributed by atoms with E-state index in [4.69, 9.17) is 0 Å². The minimum atomic E-state index is -0.286. The van der Waals surface area contributed by atoms with Crippen molar-refractivity contribution in [3.63, 3.8) is 0 Å². The lowest BCUT2D eigenvalue weighted by atomic mass is 10.0. The fourth-order valence-corrected chi connectivity index (χ4v) is 3.59. The van der Waals surface area contributed by atoms with Crippen LogP contribution >= 0.6 is 0 Å². The van der Waals surface area contributed by atoms with Crippen molar-refractivity contribution in [1.29, 1.82) is 0 Å². The van der Waals surface area contributed by atoms with Crippen LogP contribution in [-0.2, 0) is 17.6 Å². The number of H-pyrrole nitrogens is 1. The Kier molecular flexibility index (Phi) is 5.14. The Hall–Kier alpha value is -3.09. The number of aromatic amines is 1. The number of rotatable bonds is 5. The Morgan fingerprint density at radius 1 is 1.25 bits per heavy atom. The molecule has 0 radical (unpaired) electrons. The summed E-state index contributed by atoms with van der Waals surface area (Å²) in [6.45, 7) is 3.42. The molecule has 1 aromatic carbocycles. The molecule has 4 rings (SSSR count). The number of hydrogen-bond donors (Lipinski definition) is 1. The van der Waals surface area contributed by atoms with Crippen LogP contribution in [0.4, 0.5) is 4.39 Å². The highest BCUT2D eigenvalue weighted by molar-refractivity contribution is 5.79. The van der Waals surface area contributed by atoms with Crippen LogP contribution in [0.3, 0.4) is 0 Å². The molecule has 0 bridgehead atoms. The maximum Gasteiger partial charge on any atom is 0.226 e. The van der Waals surface area contributed by atoms with Crippen molar-refractivity contribution in [2.45, 2.75) is 26.2 Å². The molecule has 7 heteroatoms. The Morgan fingerprint density at radius 3 is 2.82 bits per heavy atom. The average Bonchev–Trinajstić information content (AvgIpc) is 3.33. The molecule has 1 amide bonds. The number of likely N-dealkylation sites (tertiary alicyclic amines) is 1. The van der Waals surface area contributed by atoms with Gasteiger partial charge < -0.3 is 9.88 Å². The van der Waals surface area contributed by atoms with Crippen molar-refractivity contribution in [3.05, 3.63) is 65.6 Å². The van der Waals surface area contributed by atoms with Crippen LogP contribution < -0.4 is 0 Å². The molecule has 3 aromatic rings. The molecule has 0 aliphatic carbocycles. The molecule has 1 aliphatic rings. The van der Waals surface area contributed by atoms with Crippen molar-refractivity contribution >= 4 is 5.91 Å². The number of amides is 1. The number of hydrogen-bond acceptors (Lipinski definition) is 4. The summed E-state index contributed by atoms with van der Waals surface area (Å²) in [5.74, 6) is 0.914. The van der Waals surface area contributed by atoms with Crippen molar-refractivity contribution < 1.29 is 9.18 Å². The highest BCUT2D eigenvalue weighted by Crippen LogP contribution is 2.22. The van der Waals surface area contributed by atoms with Crippen LogP contribution in [0.25, 0.3) is 11.5 Å². The third-order valence-corrected chi connectivity index (χ3v) is 5.07. The summed E-state index contributed by atoms with van der Waals surface area (Å²) in [5.41, 5.74) is 3.56. The van der Waals surface area contributed by atoms with E-state index in [1.807, 2.05) is 17.9 Å². The maximum atomic E-state index is 13.0. The molecule has 1 aliphatic heterocycles. The van der Waals surface area contributed by atoms with Gasteiger partial charge in [0.05, 0.1) is 6.42 Å². The van der Waals surface area contributed by atoms with E-state index < -0.39 is 0 Å². The first-order valence-corrected chi connectivity index (χ1v) is 9.42. The molecule has 1 saturated heterocycles. The van der Waals surface area contributed by atoms with Crippen LogP contribution in [0, 0.1) is 18.7 Å². The number of aromatic nitrogens is 4. The van der Waals surface area contributed by atoms with Crippen LogP contribution in [0.1, 0.15) is 23.4 Å². The fourth-order valence-electron chi connectivity index (χ4n) is 3.59. The predicted molar refractivity (Wildman–Crippen MR) is 103 cm³/mol. The first-order valence-electron chi connectivity index (χ1n) is 9.42. The number of nitrogens with zero attached hydrogens (tertiary/aromatic N) is 4. The summed E-state index contributed by atoms with van der Waals surface area (Å²) in [6, 6.07) is 8.07. The summed E-state index contributed by atoms with van der Waals surface area (Å²) in [7, 11) is 0. The quantitative estimate of drug-likeness (QED) is 0.740.